The summed E-state index contributed by atoms with van der Waals surface area (Å²) in [6.45, 7) is 6.85. The van der Waals surface area contributed by atoms with Crippen LogP contribution in [0.15, 0.2) is 17.5 Å². The molecule has 0 aromatic carbocycles. The van der Waals surface area contributed by atoms with Gasteiger partial charge in [0, 0.05) is 19.1 Å². The molecule has 1 saturated heterocycles. The third-order valence-electron chi connectivity index (χ3n) is 4.35. The number of ether oxygens (including phenoxy) is 1. The van der Waals surface area contributed by atoms with E-state index in [1.54, 1.807) is 11.3 Å². The van der Waals surface area contributed by atoms with Crippen molar-refractivity contribution >= 4 is 23.6 Å². The monoisotopic (exact) mass is 350 g/mol. The Hall–Kier alpha value is -1.02. The molecular formula is C16H22N4OS2. The number of nitrogens with zero attached hydrogens (tertiary/aromatic N) is 4. The normalized spacial score (nSPS) is 25.8. The molecule has 2 fully saturated rings. The van der Waals surface area contributed by atoms with Crippen molar-refractivity contribution in [3.05, 3.63) is 22.3 Å². The van der Waals surface area contributed by atoms with Crippen LogP contribution in [0, 0.1) is 4.77 Å². The first-order valence-electron chi connectivity index (χ1n) is 8.23. The van der Waals surface area contributed by atoms with E-state index in [4.69, 9.17) is 22.1 Å². The van der Waals surface area contributed by atoms with E-state index < -0.39 is 0 Å². The molecule has 23 heavy (non-hydrogen) atoms. The second-order valence-corrected chi connectivity index (χ2v) is 7.93. The summed E-state index contributed by atoms with van der Waals surface area (Å²) in [4.78, 5) is 3.59. The SMILES string of the molecule is C[C@@H]1CN(Cn2nc(-c3cccs3)n(C3CC3)c2=S)C[C@@H](C)O1. The van der Waals surface area contributed by atoms with E-state index in [0.29, 0.717) is 6.04 Å². The first-order valence-corrected chi connectivity index (χ1v) is 9.51. The van der Waals surface area contributed by atoms with Gasteiger partial charge in [-0.1, -0.05) is 6.07 Å². The first kappa shape index (κ1) is 15.5. The van der Waals surface area contributed by atoms with E-state index in [9.17, 15) is 0 Å². The van der Waals surface area contributed by atoms with Crippen LogP contribution in [0.4, 0.5) is 0 Å². The Bertz CT molecular complexity index is 722. The quantitative estimate of drug-likeness (QED) is 0.790. The number of hydrogen-bond donors (Lipinski definition) is 0. The highest BCUT2D eigenvalue weighted by molar-refractivity contribution is 7.71. The predicted octanol–water partition coefficient (Wildman–Crippen LogP) is 3.54. The average Bonchev–Trinajstić information content (AvgIpc) is 3.07. The highest BCUT2D eigenvalue weighted by Gasteiger charge is 2.30. The Morgan fingerprint density at radius 3 is 2.65 bits per heavy atom. The van der Waals surface area contributed by atoms with Crippen LogP contribution in [0.1, 0.15) is 32.7 Å². The van der Waals surface area contributed by atoms with Crippen molar-refractivity contribution < 1.29 is 4.74 Å². The Kier molecular flexibility index (Phi) is 4.13. The van der Waals surface area contributed by atoms with Crippen molar-refractivity contribution in [2.24, 2.45) is 0 Å². The van der Waals surface area contributed by atoms with Crippen LogP contribution < -0.4 is 0 Å². The molecular weight excluding hydrogens is 328 g/mol. The molecule has 0 bridgehead atoms. The third-order valence-corrected chi connectivity index (χ3v) is 5.63. The van der Waals surface area contributed by atoms with Gasteiger partial charge in [-0.3, -0.25) is 9.47 Å². The minimum Gasteiger partial charge on any atom is -0.373 e. The van der Waals surface area contributed by atoms with E-state index in [0.717, 1.165) is 30.4 Å². The molecule has 2 aromatic heterocycles. The topological polar surface area (TPSA) is 35.2 Å². The van der Waals surface area contributed by atoms with Crippen molar-refractivity contribution in [2.75, 3.05) is 13.1 Å². The number of thiophene rings is 1. The van der Waals surface area contributed by atoms with Crippen molar-refractivity contribution in [3.8, 4) is 10.7 Å². The fraction of sp³-hybridized carbons (Fsp3) is 0.625. The van der Waals surface area contributed by atoms with Crippen LogP contribution in [-0.4, -0.2) is 44.5 Å². The van der Waals surface area contributed by atoms with Gasteiger partial charge in [0.2, 0.25) is 0 Å². The fourth-order valence-corrected chi connectivity index (χ4v) is 4.38. The van der Waals surface area contributed by atoms with Crippen LogP contribution in [0.25, 0.3) is 10.7 Å². The largest absolute Gasteiger partial charge is 0.373 e. The Morgan fingerprint density at radius 1 is 1.30 bits per heavy atom. The Labute approximate surface area is 145 Å². The molecule has 2 aromatic rings. The molecule has 7 heteroatoms. The van der Waals surface area contributed by atoms with Gasteiger partial charge in [-0.25, -0.2) is 4.68 Å². The van der Waals surface area contributed by atoms with E-state index >= 15 is 0 Å². The fourth-order valence-electron chi connectivity index (χ4n) is 3.34. The number of morpholine rings is 1. The molecule has 0 N–H and O–H groups in total. The Morgan fingerprint density at radius 2 is 2.04 bits per heavy atom. The summed E-state index contributed by atoms with van der Waals surface area (Å²) in [5, 5.41) is 6.96. The number of aromatic nitrogens is 3. The predicted molar refractivity (Wildman–Crippen MR) is 94.2 cm³/mol. The molecule has 0 unspecified atom stereocenters. The molecule has 2 aliphatic rings. The smallest absolute Gasteiger partial charge is 0.199 e. The van der Waals surface area contributed by atoms with Gasteiger partial charge in [-0.2, -0.15) is 0 Å². The first-order chi connectivity index (χ1) is 11.1. The Balaban J connectivity index is 1.64. The van der Waals surface area contributed by atoms with Crippen molar-refractivity contribution in [1.82, 2.24) is 19.2 Å². The second kappa shape index (κ2) is 6.12. The molecule has 3 heterocycles. The lowest BCUT2D eigenvalue weighted by molar-refractivity contribution is -0.0777. The highest BCUT2D eigenvalue weighted by Crippen LogP contribution is 2.39. The minimum atomic E-state index is 0.259. The zero-order valence-electron chi connectivity index (χ0n) is 13.5. The summed E-state index contributed by atoms with van der Waals surface area (Å²) in [6.07, 6.45) is 2.94. The number of rotatable bonds is 4. The average molecular weight is 351 g/mol. The van der Waals surface area contributed by atoms with Crippen molar-refractivity contribution in [2.45, 2.75) is 51.6 Å². The van der Waals surface area contributed by atoms with Gasteiger partial charge in [-0.05, 0) is 50.4 Å². The lowest BCUT2D eigenvalue weighted by atomic mass is 10.2. The standard InChI is InChI=1S/C16H22N4OS2/c1-11-8-18(9-12(2)21-11)10-19-16(22)20(13-5-6-13)15(17-19)14-4-3-7-23-14/h3-4,7,11-13H,5-6,8-10H2,1-2H3/t11-,12-/m1/s1. The molecule has 5 nitrogen and oxygen atoms in total. The molecule has 1 saturated carbocycles. The summed E-state index contributed by atoms with van der Waals surface area (Å²) < 4.78 is 10.9. The summed E-state index contributed by atoms with van der Waals surface area (Å²) in [6, 6.07) is 4.74. The van der Waals surface area contributed by atoms with Crippen LogP contribution in [-0.2, 0) is 11.4 Å². The van der Waals surface area contributed by atoms with Crippen LogP contribution in [0.2, 0.25) is 0 Å². The summed E-state index contributed by atoms with van der Waals surface area (Å²) in [5.74, 6) is 1.03. The zero-order valence-corrected chi connectivity index (χ0v) is 15.1. The van der Waals surface area contributed by atoms with Gasteiger partial charge >= 0.3 is 0 Å². The molecule has 0 amide bonds. The van der Waals surface area contributed by atoms with Crippen LogP contribution in [0.3, 0.4) is 0 Å². The molecule has 2 atom stereocenters. The molecule has 0 radical (unpaired) electrons. The van der Waals surface area contributed by atoms with E-state index in [1.165, 1.54) is 17.7 Å². The summed E-state index contributed by atoms with van der Waals surface area (Å²) in [5.41, 5.74) is 0. The molecule has 124 valence electrons. The van der Waals surface area contributed by atoms with Gasteiger partial charge in [0.05, 0.1) is 23.8 Å². The number of hydrogen-bond acceptors (Lipinski definition) is 5. The second-order valence-electron chi connectivity index (χ2n) is 6.62. The maximum absolute atomic E-state index is 5.82. The van der Waals surface area contributed by atoms with Gasteiger partial charge in [0.15, 0.2) is 10.6 Å². The van der Waals surface area contributed by atoms with Gasteiger partial charge in [-0.15, -0.1) is 16.4 Å². The maximum Gasteiger partial charge on any atom is 0.199 e. The van der Waals surface area contributed by atoms with Crippen molar-refractivity contribution in [3.63, 3.8) is 0 Å². The van der Waals surface area contributed by atoms with Crippen molar-refractivity contribution in [1.29, 1.82) is 0 Å². The highest BCUT2D eigenvalue weighted by atomic mass is 32.1. The van der Waals surface area contributed by atoms with Gasteiger partial charge in [0.25, 0.3) is 0 Å². The van der Waals surface area contributed by atoms with Crippen LogP contribution >= 0.6 is 23.6 Å². The summed E-state index contributed by atoms with van der Waals surface area (Å²) in [7, 11) is 0. The summed E-state index contributed by atoms with van der Waals surface area (Å²) >= 11 is 7.47. The van der Waals surface area contributed by atoms with Gasteiger partial charge < -0.3 is 4.74 Å². The zero-order chi connectivity index (χ0) is 16.0. The van der Waals surface area contributed by atoms with E-state index in [1.807, 2.05) is 4.68 Å². The maximum atomic E-state index is 5.82. The molecule has 1 aliphatic heterocycles. The molecule has 0 spiro atoms. The molecule has 4 rings (SSSR count). The van der Waals surface area contributed by atoms with Crippen LogP contribution in [0.5, 0.6) is 0 Å². The van der Waals surface area contributed by atoms with Gasteiger partial charge in [0.1, 0.15) is 0 Å². The molecule has 1 aliphatic carbocycles. The van der Waals surface area contributed by atoms with E-state index in [2.05, 4.69) is 40.8 Å². The lowest BCUT2D eigenvalue weighted by Crippen LogP contribution is -2.46. The van der Waals surface area contributed by atoms with E-state index in [-0.39, 0.29) is 12.2 Å². The minimum absolute atomic E-state index is 0.259. The third kappa shape index (κ3) is 3.15. The lowest BCUT2D eigenvalue weighted by Gasteiger charge is -2.34.